The summed E-state index contributed by atoms with van der Waals surface area (Å²) in [6.45, 7) is 1.04. The van der Waals surface area contributed by atoms with Crippen LogP contribution in [-0.2, 0) is 6.42 Å². The van der Waals surface area contributed by atoms with Crippen LogP contribution in [0, 0.1) is 10.1 Å². The van der Waals surface area contributed by atoms with Crippen LogP contribution in [0.5, 0.6) is 5.75 Å². The fourth-order valence-corrected chi connectivity index (χ4v) is 1.91. The van der Waals surface area contributed by atoms with Gasteiger partial charge in [0.05, 0.1) is 17.6 Å². The van der Waals surface area contributed by atoms with Crippen molar-refractivity contribution in [3.63, 3.8) is 0 Å². The third-order valence-corrected chi connectivity index (χ3v) is 2.88. The number of benzene rings is 1. The van der Waals surface area contributed by atoms with Crippen LogP contribution in [0.25, 0.3) is 0 Å². The van der Waals surface area contributed by atoms with Gasteiger partial charge in [0, 0.05) is 25.6 Å². The van der Waals surface area contributed by atoms with Gasteiger partial charge in [-0.25, -0.2) is 0 Å². The summed E-state index contributed by atoms with van der Waals surface area (Å²) in [7, 11) is 1.39. The van der Waals surface area contributed by atoms with Crippen LogP contribution >= 0.6 is 0 Å². The molecule has 6 heteroatoms. The zero-order valence-electron chi connectivity index (χ0n) is 9.47. The molecule has 0 radical (unpaired) electrons. The van der Waals surface area contributed by atoms with Crippen molar-refractivity contribution in [1.82, 2.24) is 5.32 Å². The molecule has 0 saturated carbocycles. The lowest BCUT2D eigenvalue weighted by Gasteiger charge is -2.37. The predicted octanol–water partition coefficient (Wildman–Crippen LogP) is 0.480. The molecule has 2 N–H and O–H groups in total. The Morgan fingerprint density at radius 1 is 1.59 bits per heavy atom. The fourth-order valence-electron chi connectivity index (χ4n) is 1.91. The second-order valence-corrected chi connectivity index (χ2v) is 4.27. The maximum atomic E-state index is 10.8. The first kappa shape index (κ1) is 11.8. The van der Waals surface area contributed by atoms with Gasteiger partial charge in [0.1, 0.15) is 0 Å². The van der Waals surface area contributed by atoms with Crippen molar-refractivity contribution in [2.24, 2.45) is 0 Å². The number of rotatable bonds is 4. The Bertz CT molecular complexity index is 443. The van der Waals surface area contributed by atoms with E-state index in [1.54, 1.807) is 12.1 Å². The summed E-state index contributed by atoms with van der Waals surface area (Å²) in [4.78, 5) is 10.4. The molecule has 0 aliphatic carbocycles. The number of nitro groups is 1. The largest absolute Gasteiger partial charge is 0.490 e. The van der Waals surface area contributed by atoms with Gasteiger partial charge in [0.2, 0.25) is 0 Å². The Hall–Kier alpha value is -1.66. The van der Waals surface area contributed by atoms with E-state index in [1.807, 2.05) is 0 Å². The molecule has 1 aliphatic heterocycles. The zero-order valence-corrected chi connectivity index (χ0v) is 9.47. The van der Waals surface area contributed by atoms with E-state index in [0.717, 1.165) is 5.56 Å². The van der Waals surface area contributed by atoms with E-state index < -0.39 is 10.5 Å². The van der Waals surface area contributed by atoms with Gasteiger partial charge < -0.3 is 15.2 Å². The number of nitrogens with zero attached hydrogens (tertiary/aromatic N) is 1. The molecule has 0 atom stereocenters. The summed E-state index contributed by atoms with van der Waals surface area (Å²) >= 11 is 0. The van der Waals surface area contributed by atoms with E-state index in [9.17, 15) is 15.2 Å². The first-order valence-electron chi connectivity index (χ1n) is 5.28. The lowest BCUT2D eigenvalue weighted by atomic mass is 9.89. The average molecular weight is 238 g/mol. The number of aliphatic hydroxyl groups is 1. The molecule has 1 saturated heterocycles. The van der Waals surface area contributed by atoms with Crippen LogP contribution in [0.1, 0.15) is 5.56 Å². The lowest BCUT2D eigenvalue weighted by Crippen LogP contribution is -2.60. The van der Waals surface area contributed by atoms with E-state index in [4.69, 9.17) is 4.74 Å². The van der Waals surface area contributed by atoms with Gasteiger partial charge in [-0.05, 0) is 11.6 Å². The molecule has 1 fully saturated rings. The van der Waals surface area contributed by atoms with Crippen molar-refractivity contribution in [3.8, 4) is 5.75 Å². The number of hydrogen-bond acceptors (Lipinski definition) is 5. The van der Waals surface area contributed by atoms with Crippen LogP contribution < -0.4 is 10.1 Å². The second kappa shape index (κ2) is 4.31. The Kier molecular flexibility index (Phi) is 2.99. The van der Waals surface area contributed by atoms with E-state index in [1.165, 1.54) is 13.2 Å². The Labute approximate surface area is 98.4 Å². The van der Waals surface area contributed by atoms with Gasteiger partial charge in [-0.15, -0.1) is 0 Å². The molecule has 0 unspecified atom stereocenters. The lowest BCUT2D eigenvalue weighted by molar-refractivity contribution is -0.385. The van der Waals surface area contributed by atoms with Crippen molar-refractivity contribution < 1.29 is 14.8 Å². The molecule has 0 aromatic heterocycles. The first-order chi connectivity index (χ1) is 8.04. The van der Waals surface area contributed by atoms with E-state index in [-0.39, 0.29) is 11.4 Å². The third kappa shape index (κ3) is 2.37. The predicted molar refractivity (Wildman–Crippen MR) is 61.2 cm³/mol. The van der Waals surface area contributed by atoms with Gasteiger partial charge in [-0.1, -0.05) is 6.07 Å². The smallest absolute Gasteiger partial charge is 0.311 e. The molecule has 17 heavy (non-hydrogen) atoms. The number of nitrogens with one attached hydrogen (secondary N) is 1. The van der Waals surface area contributed by atoms with Crippen LogP contribution in [-0.4, -0.2) is 35.8 Å². The molecule has 1 heterocycles. The topological polar surface area (TPSA) is 84.6 Å². The second-order valence-electron chi connectivity index (χ2n) is 4.27. The van der Waals surface area contributed by atoms with Gasteiger partial charge in [-0.3, -0.25) is 10.1 Å². The summed E-state index contributed by atoms with van der Waals surface area (Å²) < 4.78 is 4.92. The molecular weight excluding hydrogens is 224 g/mol. The van der Waals surface area contributed by atoms with Crippen molar-refractivity contribution in [2.45, 2.75) is 12.0 Å². The number of β-amino-alcohol motifs (C(OH)–C–C–N with tert-alkyl or cyclic N) is 1. The summed E-state index contributed by atoms with van der Waals surface area (Å²) in [6, 6.07) is 4.75. The first-order valence-corrected chi connectivity index (χ1v) is 5.28. The van der Waals surface area contributed by atoms with Crippen LogP contribution in [0.2, 0.25) is 0 Å². The van der Waals surface area contributed by atoms with Gasteiger partial charge >= 0.3 is 5.69 Å². The van der Waals surface area contributed by atoms with Crippen molar-refractivity contribution in [3.05, 3.63) is 33.9 Å². The molecule has 0 bridgehead atoms. The highest BCUT2D eigenvalue weighted by Crippen LogP contribution is 2.29. The van der Waals surface area contributed by atoms with E-state index in [0.29, 0.717) is 19.5 Å². The van der Waals surface area contributed by atoms with Crippen LogP contribution in [0.15, 0.2) is 18.2 Å². The quantitative estimate of drug-likeness (QED) is 0.588. The minimum absolute atomic E-state index is 0.0686. The highest BCUT2D eigenvalue weighted by Gasteiger charge is 2.34. The zero-order chi connectivity index (χ0) is 12.5. The molecule has 0 spiro atoms. The maximum Gasteiger partial charge on any atom is 0.311 e. The molecular formula is C11H14N2O4. The van der Waals surface area contributed by atoms with Gasteiger partial charge in [0.25, 0.3) is 0 Å². The average Bonchev–Trinajstić information content (AvgIpc) is 2.26. The highest BCUT2D eigenvalue weighted by molar-refractivity contribution is 5.49. The Morgan fingerprint density at radius 3 is 2.76 bits per heavy atom. The molecule has 1 aliphatic rings. The number of ether oxygens (including phenoxy) is 1. The summed E-state index contributed by atoms with van der Waals surface area (Å²) in [5.41, 5.74) is -0.106. The van der Waals surface area contributed by atoms with Crippen molar-refractivity contribution >= 4 is 5.69 Å². The molecule has 1 aromatic rings. The molecule has 1 aromatic carbocycles. The summed E-state index contributed by atoms with van der Waals surface area (Å²) in [5, 5.41) is 23.8. The highest BCUT2D eigenvalue weighted by atomic mass is 16.6. The van der Waals surface area contributed by atoms with Crippen LogP contribution in [0.4, 0.5) is 5.69 Å². The monoisotopic (exact) mass is 238 g/mol. The SMILES string of the molecule is COc1ccc(CC2(O)CNC2)cc1[N+](=O)[O-]. The normalized spacial score (nSPS) is 17.3. The minimum Gasteiger partial charge on any atom is -0.490 e. The molecule has 92 valence electrons. The summed E-state index contributed by atoms with van der Waals surface area (Å²) in [6.07, 6.45) is 0.408. The third-order valence-electron chi connectivity index (χ3n) is 2.88. The van der Waals surface area contributed by atoms with Gasteiger partial charge in [0.15, 0.2) is 5.75 Å². The number of hydrogen-bond donors (Lipinski definition) is 2. The number of methoxy groups -OCH3 is 1. The fraction of sp³-hybridized carbons (Fsp3) is 0.455. The van der Waals surface area contributed by atoms with Gasteiger partial charge in [-0.2, -0.15) is 0 Å². The summed E-state index contributed by atoms with van der Waals surface area (Å²) in [5.74, 6) is 0.234. The Balaban J connectivity index is 2.24. The van der Waals surface area contributed by atoms with E-state index in [2.05, 4.69) is 5.32 Å². The molecule has 0 amide bonds. The van der Waals surface area contributed by atoms with E-state index >= 15 is 0 Å². The van der Waals surface area contributed by atoms with Crippen molar-refractivity contribution in [1.29, 1.82) is 0 Å². The molecule has 6 nitrogen and oxygen atoms in total. The standard InChI is InChI=1S/C11H14N2O4/c1-17-10-3-2-8(4-9(10)13(15)16)5-11(14)6-12-7-11/h2-4,12,14H,5-7H2,1H3. The minimum atomic E-state index is -0.775. The number of nitro benzene ring substituents is 1. The Morgan fingerprint density at radius 2 is 2.29 bits per heavy atom. The van der Waals surface area contributed by atoms with Crippen LogP contribution in [0.3, 0.4) is 0 Å². The molecule has 2 rings (SSSR count). The maximum absolute atomic E-state index is 10.8. The van der Waals surface area contributed by atoms with Crippen molar-refractivity contribution in [2.75, 3.05) is 20.2 Å².